The van der Waals surface area contributed by atoms with Crippen molar-refractivity contribution in [3.05, 3.63) is 35.4 Å². The first-order valence-corrected chi connectivity index (χ1v) is 8.33. The van der Waals surface area contributed by atoms with Crippen molar-refractivity contribution >= 4 is 11.7 Å². The molecule has 0 saturated heterocycles. The van der Waals surface area contributed by atoms with Gasteiger partial charge in [0.15, 0.2) is 0 Å². The number of hydrogen-bond donors (Lipinski definition) is 2. The first kappa shape index (κ1) is 21.0. The van der Waals surface area contributed by atoms with Crippen LogP contribution in [0.15, 0.2) is 23.4 Å². The van der Waals surface area contributed by atoms with Crippen molar-refractivity contribution in [1.82, 2.24) is 0 Å². The second kappa shape index (κ2) is 10.1. The lowest BCUT2D eigenvalue weighted by Gasteiger charge is -2.38. The number of unbranched alkanes of at least 4 members (excludes halogenated alkanes) is 1. The Labute approximate surface area is 146 Å². The zero-order valence-corrected chi connectivity index (χ0v) is 14.6. The predicted molar refractivity (Wildman–Crippen MR) is 89.9 cm³/mol. The number of carbonyl (C=O) groups is 1. The largest absolute Gasteiger partial charge is 0.481 e. The summed E-state index contributed by atoms with van der Waals surface area (Å²) in [4.78, 5) is 9.00. The van der Waals surface area contributed by atoms with Gasteiger partial charge in [0, 0.05) is 19.1 Å². The molecule has 0 atom stereocenters. The molecule has 1 saturated carbocycles. The Kier molecular flexibility index (Phi) is 8.48. The topological polar surface area (TPSA) is 79.1 Å². The van der Waals surface area contributed by atoms with Crippen LogP contribution in [0.3, 0.4) is 0 Å². The highest BCUT2D eigenvalue weighted by Gasteiger charge is 2.39. The quantitative estimate of drug-likeness (QED) is 0.463. The van der Waals surface area contributed by atoms with Crippen LogP contribution in [0.5, 0.6) is 0 Å². The van der Waals surface area contributed by atoms with Crippen LogP contribution in [0.25, 0.3) is 0 Å². The lowest BCUT2D eigenvalue weighted by atomic mass is 9.78. The minimum Gasteiger partial charge on any atom is -0.481 e. The zero-order chi connectivity index (χ0) is 18.9. The summed E-state index contributed by atoms with van der Waals surface area (Å²) in [6, 6.07) is 3.48. The summed E-state index contributed by atoms with van der Waals surface area (Å²) in [6.45, 7) is 3.65. The van der Waals surface area contributed by atoms with Crippen LogP contribution in [0.2, 0.25) is 0 Å². The monoisotopic (exact) mass is 357 g/mol. The number of nitrogens with zero attached hydrogens (tertiary/aromatic N) is 1. The van der Waals surface area contributed by atoms with Crippen LogP contribution in [-0.4, -0.2) is 28.6 Å². The van der Waals surface area contributed by atoms with E-state index < -0.39 is 23.2 Å². The van der Waals surface area contributed by atoms with E-state index in [0.717, 1.165) is 31.9 Å². The fourth-order valence-corrected chi connectivity index (χ4v) is 2.79. The second-order valence-electron chi connectivity index (χ2n) is 6.01. The highest BCUT2D eigenvalue weighted by atomic mass is 19.1. The molecule has 0 amide bonds. The summed E-state index contributed by atoms with van der Waals surface area (Å²) in [5.74, 6) is -1.75. The van der Waals surface area contributed by atoms with Gasteiger partial charge in [0.25, 0.3) is 5.97 Å². The van der Waals surface area contributed by atoms with Gasteiger partial charge in [-0.2, -0.15) is 0 Å². The fraction of sp³-hybridized carbons (Fsp3) is 0.556. The van der Waals surface area contributed by atoms with Gasteiger partial charge in [-0.25, -0.2) is 8.78 Å². The number of hydrogen-bond acceptors (Lipinski definition) is 4. The Bertz CT molecular complexity index is 591. The van der Waals surface area contributed by atoms with E-state index in [2.05, 4.69) is 12.1 Å². The molecule has 1 aliphatic carbocycles. The molecule has 5 nitrogen and oxygen atoms in total. The number of carboxylic acids is 1. The van der Waals surface area contributed by atoms with Gasteiger partial charge in [-0.1, -0.05) is 18.5 Å². The summed E-state index contributed by atoms with van der Waals surface area (Å²) in [6.07, 6.45) is 3.90. The minimum atomic E-state index is -0.833. The average molecular weight is 357 g/mol. The Balaban J connectivity index is 0.000000705. The van der Waals surface area contributed by atoms with Gasteiger partial charge in [0.2, 0.25) is 0 Å². The predicted octanol–water partition coefficient (Wildman–Crippen LogP) is 4.47. The van der Waals surface area contributed by atoms with Gasteiger partial charge in [0.1, 0.15) is 11.6 Å². The maximum atomic E-state index is 14.2. The van der Waals surface area contributed by atoms with Gasteiger partial charge in [0.05, 0.1) is 11.3 Å². The van der Waals surface area contributed by atoms with Crippen molar-refractivity contribution in [1.29, 1.82) is 0 Å². The van der Waals surface area contributed by atoms with Gasteiger partial charge in [-0.3, -0.25) is 4.79 Å². The Morgan fingerprint density at radius 3 is 2.44 bits per heavy atom. The number of carboxylic acid groups (broad SMARTS) is 1. The molecule has 25 heavy (non-hydrogen) atoms. The molecule has 2 N–H and O–H groups in total. The molecule has 0 bridgehead atoms. The van der Waals surface area contributed by atoms with Crippen LogP contribution < -0.4 is 0 Å². The van der Waals surface area contributed by atoms with E-state index in [1.54, 1.807) is 0 Å². The van der Waals surface area contributed by atoms with E-state index in [1.807, 2.05) is 0 Å². The maximum Gasteiger partial charge on any atom is 0.300 e. The first-order chi connectivity index (χ1) is 11.8. The molecule has 1 aromatic rings. The van der Waals surface area contributed by atoms with Crippen LogP contribution in [0.4, 0.5) is 8.78 Å². The van der Waals surface area contributed by atoms with Crippen molar-refractivity contribution in [3.8, 4) is 0 Å². The molecule has 1 fully saturated rings. The molecule has 1 aliphatic rings. The first-order valence-electron chi connectivity index (χ1n) is 8.33. The number of rotatable bonds is 5. The Hall–Kier alpha value is -2.02. The SMILES string of the molecule is CC(=O)O.CCCCOC1(c2cc(F)ccc2F)CCC(=NO)CC1. The summed E-state index contributed by atoms with van der Waals surface area (Å²) in [5.41, 5.74) is 0.132. The van der Waals surface area contributed by atoms with E-state index >= 15 is 0 Å². The molecule has 2 rings (SSSR count). The third-order valence-corrected chi connectivity index (χ3v) is 4.07. The Morgan fingerprint density at radius 1 is 1.32 bits per heavy atom. The van der Waals surface area contributed by atoms with Crippen molar-refractivity contribution < 1.29 is 28.6 Å². The van der Waals surface area contributed by atoms with E-state index in [1.165, 1.54) is 6.07 Å². The summed E-state index contributed by atoms with van der Waals surface area (Å²) < 4.78 is 33.7. The number of aliphatic carboxylic acids is 1. The van der Waals surface area contributed by atoms with Crippen LogP contribution in [0, 0.1) is 11.6 Å². The number of oxime groups is 1. The fourth-order valence-electron chi connectivity index (χ4n) is 2.79. The van der Waals surface area contributed by atoms with Crippen LogP contribution in [-0.2, 0) is 15.1 Å². The highest BCUT2D eigenvalue weighted by Crippen LogP contribution is 2.41. The van der Waals surface area contributed by atoms with Crippen LogP contribution in [0.1, 0.15) is 57.9 Å². The molecule has 0 unspecified atom stereocenters. The molecule has 0 aliphatic heterocycles. The standard InChI is InChI=1S/C16H21F2NO2.C2H4O2/c1-2-3-10-21-16(8-6-13(19-20)7-9-16)14-11-12(17)4-5-15(14)18;1-2(3)4/h4-5,11,20H,2-3,6-10H2,1H3;1H3,(H,3,4). The van der Waals surface area contributed by atoms with E-state index in [0.29, 0.717) is 38.0 Å². The average Bonchev–Trinajstić information content (AvgIpc) is 2.57. The maximum absolute atomic E-state index is 14.2. The highest BCUT2D eigenvalue weighted by molar-refractivity contribution is 5.84. The summed E-state index contributed by atoms with van der Waals surface area (Å²) in [5, 5.41) is 19.5. The number of halogens is 2. The molecule has 1 aromatic carbocycles. The normalized spacial score (nSPS) is 19.8. The lowest BCUT2D eigenvalue weighted by molar-refractivity contribution is -0.134. The second-order valence-corrected chi connectivity index (χ2v) is 6.01. The molecule has 140 valence electrons. The van der Waals surface area contributed by atoms with E-state index in [4.69, 9.17) is 19.8 Å². The van der Waals surface area contributed by atoms with Crippen molar-refractivity contribution in [2.45, 2.75) is 58.0 Å². The van der Waals surface area contributed by atoms with Crippen molar-refractivity contribution in [2.24, 2.45) is 5.16 Å². The Morgan fingerprint density at radius 2 is 1.92 bits per heavy atom. The third-order valence-electron chi connectivity index (χ3n) is 4.07. The van der Waals surface area contributed by atoms with Gasteiger partial charge in [-0.15, -0.1) is 0 Å². The summed E-state index contributed by atoms with van der Waals surface area (Å²) in [7, 11) is 0. The van der Waals surface area contributed by atoms with Gasteiger partial charge < -0.3 is 15.1 Å². The molecule has 0 radical (unpaired) electrons. The summed E-state index contributed by atoms with van der Waals surface area (Å²) >= 11 is 0. The van der Waals surface area contributed by atoms with Crippen molar-refractivity contribution in [3.63, 3.8) is 0 Å². The zero-order valence-electron chi connectivity index (χ0n) is 14.6. The molecular formula is C18H25F2NO4. The van der Waals surface area contributed by atoms with Crippen molar-refractivity contribution in [2.75, 3.05) is 6.61 Å². The molecule has 0 spiro atoms. The number of ether oxygens (including phenoxy) is 1. The molecule has 7 heteroatoms. The molecule has 0 heterocycles. The third kappa shape index (κ3) is 6.42. The van der Waals surface area contributed by atoms with E-state index in [9.17, 15) is 8.78 Å². The smallest absolute Gasteiger partial charge is 0.300 e. The van der Waals surface area contributed by atoms with E-state index in [-0.39, 0.29) is 5.56 Å². The molecular weight excluding hydrogens is 332 g/mol. The van der Waals surface area contributed by atoms with Gasteiger partial charge >= 0.3 is 0 Å². The number of benzene rings is 1. The lowest BCUT2D eigenvalue weighted by Crippen LogP contribution is -2.36. The van der Waals surface area contributed by atoms with Gasteiger partial charge in [-0.05, 0) is 50.3 Å². The minimum absolute atomic E-state index is 0.274. The molecule has 0 aromatic heterocycles. The van der Waals surface area contributed by atoms with Crippen LogP contribution >= 0.6 is 0 Å².